The number of likely N-dealkylation sites (N-methyl/N-ethyl adjacent to an activating group) is 1. The average Bonchev–Trinajstić information content (AvgIpc) is 2.99. The lowest BCUT2D eigenvalue weighted by molar-refractivity contribution is -0.129. The van der Waals surface area contributed by atoms with E-state index in [1.807, 2.05) is 29.3 Å². The molecule has 1 aliphatic rings. The first-order valence-electron chi connectivity index (χ1n) is 7.22. The molecule has 1 atom stereocenters. The first-order valence-corrected chi connectivity index (χ1v) is 8.10. The van der Waals surface area contributed by atoms with Gasteiger partial charge < -0.3 is 16.0 Å². The van der Waals surface area contributed by atoms with Gasteiger partial charge in [0.15, 0.2) is 0 Å². The van der Waals surface area contributed by atoms with Crippen molar-refractivity contribution in [3.8, 4) is 0 Å². The predicted molar refractivity (Wildman–Crippen MR) is 83.1 cm³/mol. The minimum absolute atomic E-state index is 0.0178. The first kappa shape index (κ1) is 15.9. The zero-order valence-electron chi connectivity index (χ0n) is 12.2. The van der Waals surface area contributed by atoms with Crippen molar-refractivity contribution in [2.75, 3.05) is 32.7 Å². The number of carbonyl (C=O) groups is 2. The van der Waals surface area contributed by atoms with Gasteiger partial charge in [-0.15, -0.1) is 11.3 Å². The number of piperazine rings is 1. The number of nitrogens with zero attached hydrogens (tertiary/aromatic N) is 1. The minimum Gasteiger partial charge on any atom is -0.355 e. The van der Waals surface area contributed by atoms with E-state index in [0.717, 1.165) is 11.4 Å². The van der Waals surface area contributed by atoms with E-state index in [4.69, 9.17) is 0 Å². The quantitative estimate of drug-likeness (QED) is 0.679. The summed E-state index contributed by atoms with van der Waals surface area (Å²) in [5.74, 6) is -0.0599. The molecule has 0 radical (unpaired) electrons. The van der Waals surface area contributed by atoms with Crippen LogP contribution in [0.2, 0.25) is 0 Å². The largest absolute Gasteiger partial charge is 0.355 e. The van der Waals surface area contributed by atoms with E-state index in [1.165, 1.54) is 0 Å². The first-order chi connectivity index (χ1) is 10.2. The Morgan fingerprint density at radius 2 is 2.33 bits per heavy atom. The summed E-state index contributed by atoms with van der Waals surface area (Å²) >= 11 is 1.62. The zero-order chi connectivity index (χ0) is 15.1. The molecule has 1 unspecified atom stereocenters. The van der Waals surface area contributed by atoms with Crippen molar-refractivity contribution in [2.45, 2.75) is 19.5 Å². The minimum atomic E-state index is -0.272. The fourth-order valence-corrected chi connectivity index (χ4v) is 2.97. The van der Waals surface area contributed by atoms with Crippen molar-refractivity contribution in [1.29, 1.82) is 0 Å². The number of rotatable bonds is 6. The molecular weight excluding hydrogens is 288 g/mol. The van der Waals surface area contributed by atoms with Gasteiger partial charge in [0.1, 0.15) is 6.04 Å². The number of amides is 2. The molecule has 1 aliphatic heterocycles. The second kappa shape index (κ2) is 8.11. The molecule has 0 aliphatic carbocycles. The number of thiophene rings is 1. The van der Waals surface area contributed by atoms with E-state index < -0.39 is 0 Å². The molecule has 0 spiro atoms. The van der Waals surface area contributed by atoms with Crippen LogP contribution >= 0.6 is 11.3 Å². The number of nitrogens with one attached hydrogen (secondary N) is 3. The summed E-state index contributed by atoms with van der Waals surface area (Å²) in [6.45, 7) is 5.40. The number of hydrogen-bond donors (Lipinski definition) is 3. The molecule has 0 saturated carbocycles. The van der Waals surface area contributed by atoms with Gasteiger partial charge in [-0.25, -0.2) is 0 Å². The van der Waals surface area contributed by atoms with Crippen molar-refractivity contribution in [3.05, 3.63) is 22.4 Å². The molecule has 1 aromatic rings. The van der Waals surface area contributed by atoms with Crippen LogP contribution in [0.25, 0.3) is 0 Å². The smallest absolute Gasteiger partial charge is 0.238 e. The van der Waals surface area contributed by atoms with Gasteiger partial charge in [-0.2, -0.15) is 0 Å². The average molecular weight is 310 g/mol. The SMILES string of the molecule is CCNC(=O)C1CNCCN1CC(=O)NCc1cccs1. The van der Waals surface area contributed by atoms with E-state index in [9.17, 15) is 9.59 Å². The Bertz CT molecular complexity index is 464. The summed E-state index contributed by atoms with van der Waals surface area (Å²) < 4.78 is 0. The molecule has 7 heteroatoms. The Kier molecular flexibility index (Phi) is 6.16. The van der Waals surface area contributed by atoms with E-state index in [1.54, 1.807) is 11.3 Å². The summed E-state index contributed by atoms with van der Waals surface area (Å²) in [7, 11) is 0. The van der Waals surface area contributed by atoms with E-state index in [-0.39, 0.29) is 24.4 Å². The lowest BCUT2D eigenvalue weighted by Crippen LogP contribution is -2.59. The Balaban J connectivity index is 1.83. The third-order valence-electron chi connectivity index (χ3n) is 3.39. The molecule has 21 heavy (non-hydrogen) atoms. The molecule has 2 rings (SSSR count). The molecule has 116 valence electrons. The van der Waals surface area contributed by atoms with Gasteiger partial charge >= 0.3 is 0 Å². The van der Waals surface area contributed by atoms with Gasteiger partial charge in [-0.05, 0) is 18.4 Å². The molecule has 0 aromatic carbocycles. The number of hydrogen-bond acceptors (Lipinski definition) is 5. The lowest BCUT2D eigenvalue weighted by Gasteiger charge is -2.34. The van der Waals surface area contributed by atoms with Crippen molar-refractivity contribution in [1.82, 2.24) is 20.9 Å². The fourth-order valence-electron chi connectivity index (χ4n) is 2.33. The topological polar surface area (TPSA) is 73.5 Å². The van der Waals surface area contributed by atoms with Gasteiger partial charge in [0.05, 0.1) is 13.1 Å². The summed E-state index contributed by atoms with van der Waals surface area (Å²) in [5.41, 5.74) is 0. The molecule has 0 bridgehead atoms. The summed E-state index contributed by atoms with van der Waals surface area (Å²) in [5, 5.41) is 10.9. The van der Waals surface area contributed by atoms with Crippen molar-refractivity contribution in [3.63, 3.8) is 0 Å². The van der Waals surface area contributed by atoms with Crippen LogP contribution < -0.4 is 16.0 Å². The van der Waals surface area contributed by atoms with Crippen LogP contribution in [0, 0.1) is 0 Å². The summed E-state index contributed by atoms with van der Waals surface area (Å²) in [6, 6.07) is 3.69. The molecule has 3 N–H and O–H groups in total. The van der Waals surface area contributed by atoms with Crippen LogP contribution in [0.15, 0.2) is 17.5 Å². The molecule has 2 heterocycles. The highest BCUT2D eigenvalue weighted by molar-refractivity contribution is 7.09. The fraction of sp³-hybridized carbons (Fsp3) is 0.571. The van der Waals surface area contributed by atoms with Gasteiger partial charge in [0, 0.05) is 31.1 Å². The monoisotopic (exact) mass is 310 g/mol. The van der Waals surface area contributed by atoms with E-state index in [2.05, 4.69) is 16.0 Å². The maximum atomic E-state index is 12.0. The molecule has 1 aromatic heterocycles. The summed E-state index contributed by atoms with van der Waals surface area (Å²) in [4.78, 5) is 27.1. The van der Waals surface area contributed by atoms with Gasteiger partial charge in [-0.1, -0.05) is 6.07 Å². The third-order valence-corrected chi connectivity index (χ3v) is 4.27. The predicted octanol–water partition coefficient (Wildman–Crippen LogP) is -0.226. The van der Waals surface area contributed by atoms with E-state index >= 15 is 0 Å². The number of carbonyl (C=O) groups excluding carboxylic acids is 2. The van der Waals surface area contributed by atoms with E-state index in [0.29, 0.717) is 26.2 Å². The van der Waals surface area contributed by atoms with Crippen molar-refractivity contribution in [2.24, 2.45) is 0 Å². The summed E-state index contributed by atoms with van der Waals surface area (Å²) in [6.07, 6.45) is 0. The van der Waals surface area contributed by atoms with Gasteiger partial charge in [0.2, 0.25) is 11.8 Å². The molecule has 6 nitrogen and oxygen atoms in total. The Hall–Kier alpha value is -1.44. The molecule has 1 fully saturated rings. The van der Waals surface area contributed by atoms with Crippen LogP contribution in [0.4, 0.5) is 0 Å². The highest BCUT2D eigenvalue weighted by Crippen LogP contribution is 2.08. The van der Waals surface area contributed by atoms with Crippen LogP contribution in [-0.4, -0.2) is 55.5 Å². The van der Waals surface area contributed by atoms with Crippen LogP contribution in [-0.2, 0) is 16.1 Å². The normalized spacial score (nSPS) is 19.2. The highest BCUT2D eigenvalue weighted by Gasteiger charge is 2.29. The Labute approximate surface area is 128 Å². The molecule has 1 saturated heterocycles. The van der Waals surface area contributed by atoms with Crippen molar-refractivity contribution >= 4 is 23.2 Å². The second-order valence-electron chi connectivity index (χ2n) is 4.94. The Morgan fingerprint density at radius 1 is 1.48 bits per heavy atom. The highest BCUT2D eigenvalue weighted by atomic mass is 32.1. The van der Waals surface area contributed by atoms with Crippen LogP contribution in [0.3, 0.4) is 0 Å². The zero-order valence-corrected chi connectivity index (χ0v) is 13.0. The van der Waals surface area contributed by atoms with Crippen molar-refractivity contribution < 1.29 is 9.59 Å². The van der Waals surface area contributed by atoms with Crippen LogP contribution in [0.1, 0.15) is 11.8 Å². The standard InChI is InChI=1S/C14H22N4O2S/c1-2-16-14(20)12-9-15-5-6-18(12)10-13(19)17-8-11-4-3-7-21-11/h3-4,7,12,15H,2,5-6,8-10H2,1H3,(H,16,20)(H,17,19). The second-order valence-corrected chi connectivity index (χ2v) is 5.97. The maximum absolute atomic E-state index is 12.0. The molecule has 2 amide bonds. The van der Waals surface area contributed by atoms with Crippen LogP contribution in [0.5, 0.6) is 0 Å². The van der Waals surface area contributed by atoms with Gasteiger partial charge in [-0.3, -0.25) is 14.5 Å². The maximum Gasteiger partial charge on any atom is 0.238 e. The molecular formula is C14H22N4O2S. The third kappa shape index (κ3) is 4.80. The Morgan fingerprint density at radius 3 is 3.05 bits per heavy atom. The lowest BCUT2D eigenvalue weighted by atomic mass is 10.1. The van der Waals surface area contributed by atoms with Gasteiger partial charge in [0.25, 0.3) is 0 Å².